The van der Waals surface area contributed by atoms with E-state index in [0.29, 0.717) is 23.8 Å². The summed E-state index contributed by atoms with van der Waals surface area (Å²) in [5.41, 5.74) is 0.293. The smallest absolute Gasteiger partial charge is 0.167 e. The molecular weight excluding hydrogens is 262 g/mol. The Morgan fingerprint density at radius 2 is 2.15 bits per heavy atom. The third-order valence-electron chi connectivity index (χ3n) is 3.86. The highest BCUT2D eigenvalue weighted by Crippen LogP contribution is 2.25. The third kappa shape index (κ3) is 3.46. The molecule has 112 valence electrons. The molecule has 1 saturated heterocycles. The Balaban J connectivity index is 2.03. The molecule has 1 atom stereocenters. The van der Waals surface area contributed by atoms with E-state index in [1.807, 2.05) is 11.9 Å². The lowest BCUT2D eigenvalue weighted by Gasteiger charge is -2.22. The van der Waals surface area contributed by atoms with Crippen LogP contribution in [0.3, 0.4) is 0 Å². The maximum atomic E-state index is 13.9. The highest BCUT2D eigenvalue weighted by atomic mass is 19.2. The summed E-state index contributed by atoms with van der Waals surface area (Å²) in [5.74, 6) is -0.638. The van der Waals surface area contributed by atoms with Gasteiger partial charge < -0.3 is 14.5 Å². The van der Waals surface area contributed by atoms with Gasteiger partial charge in [0.05, 0.1) is 7.11 Å². The first-order valence-corrected chi connectivity index (χ1v) is 6.89. The van der Waals surface area contributed by atoms with E-state index >= 15 is 0 Å². The van der Waals surface area contributed by atoms with E-state index in [1.54, 1.807) is 0 Å². The van der Waals surface area contributed by atoms with Gasteiger partial charge in [0.1, 0.15) is 5.75 Å². The van der Waals surface area contributed by atoms with Gasteiger partial charge in [0.15, 0.2) is 11.6 Å². The SMILES string of the molecule is COc1ccc(F)c(F)c1CN(C)CC1CCN(C)C1. The van der Waals surface area contributed by atoms with E-state index in [0.717, 1.165) is 32.1 Å². The number of hydrogen-bond donors (Lipinski definition) is 0. The number of halogens is 2. The Morgan fingerprint density at radius 3 is 2.75 bits per heavy atom. The normalized spacial score (nSPS) is 19.8. The van der Waals surface area contributed by atoms with Crippen LogP contribution in [-0.2, 0) is 6.54 Å². The van der Waals surface area contributed by atoms with Crippen molar-refractivity contribution in [3.05, 3.63) is 29.3 Å². The lowest BCUT2D eigenvalue weighted by Crippen LogP contribution is -2.27. The molecule has 0 radical (unpaired) electrons. The van der Waals surface area contributed by atoms with Crippen LogP contribution in [0.1, 0.15) is 12.0 Å². The van der Waals surface area contributed by atoms with Gasteiger partial charge in [-0.25, -0.2) is 8.78 Å². The van der Waals surface area contributed by atoms with Crippen LogP contribution in [0.25, 0.3) is 0 Å². The van der Waals surface area contributed by atoms with Gasteiger partial charge in [-0.05, 0) is 45.1 Å². The van der Waals surface area contributed by atoms with Crippen molar-refractivity contribution >= 4 is 0 Å². The van der Waals surface area contributed by atoms with Crippen molar-refractivity contribution in [2.24, 2.45) is 5.92 Å². The first-order valence-electron chi connectivity index (χ1n) is 6.89. The molecule has 0 bridgehead atoms. The van der Waals surface area contributed by atoms with Gasteiger partial charge in [0.25, 0.3) is 0 Å². The molecule has 1 fully saturated rings. The number of hydrogen-bond acceptors (Lipinski definition) is 3. The fourth-order valence-corrected chi connectivity index (χ4v) is 2.86. The Labute approximate surface area is 119 Å². The van der Waals surface area contributed by atoms with Crippen LogP contribution in [0.2, 0.25) is 0 Å². The second-order valence-electron chi connectivity index (χ2n) is 5.66. The summed E-state index contributed by atoms with van der Waals surface area (Å²) in [5, 5.41) is 0. The second-order valence-corrected chi connectivity index (χ2v) is 5.66. The quantitative estimate of drug-likeness (QED) is 0.825. The highest BCUT2D eigenvalue weighted by Gasteiger charge is 2.22. The highest BCUT2D eigenvalue weighted by molar-refractivity contribution is 5.35. The topological polar surface area (TPSA) is 15.7 Å². The second kappa shape index (κ2) is 6.50. The van der Waals surface area contributed by atoms with Crippen LogP contribution in [0.5, 0.6) is 5.75 Å². The molecule has 1 unspecified atom stereocenters. The maximum absolute atomic E-state index is 13.9. The van der Waals surface area contributed by atoms with Crippen molar-refractivity contribution in [1.82, 2.24) is 9.80 Å². The summed E-state index contributed by atoms with van der Waals surface area (Å²) < 4.78 is 32.4. The van der Waals surface area contributed by atoms with Gasteiger partial charge >= 0.3 is 0 Å². The predicted molar refractivity (Wildman–Crippen MR) is 74.8 cm³/mol. The number of ether oxygens (including phenoxy) is 1. The van der Waals surface area contributed by atoms with Crippen LogP contribution in [-0.4, -0.2) is 50.6 Å². The molecule has 0 saturated carbocycles. The van der Waals surface area contributed by atoms with Gasteiger partial charge in [-0.3, -0.25) is 0 Å². The zero-order valence-corrected chi connectivity index (χ0v) is 12.3. The fourth-order valence-electron chi connectivity index (χ4n) is 2.86. The van der Waals surface area contributed by atoms with Crippen molar-refractivity contribution in [2.75, 3.05) is 40.8 Å². The van der Waals surface area contributed by atoms with Crippen molar-refractivity contribution in [3.8, 4) is 5.75 Å². The molecule has 1 aromatic rings. The van der Waals surface area contributed by atoms with Crippen molar-refractivity contribution in [1.29, 1.82) is 0 Å². The molecule has 1 heterocycles. The molecule has 3 nitrogen and oxygen atoms in total. The zero-order chi connectivity index (χ0) is 14.7. The average molecular weight is 284 g/mol. The van der Waals surface area contributed by atoms with Crippen LogP contribution in [0, 0.1) is 17.6 Å². The summed E-state index contributed by atoms with van der Waals surface area (Å²) in [6.45, 7) is 3.40. The van der Waals surface area contributed by atoms with Gasteiger partial charge in [0.2, 0.25) is 0 Å². The van der Waals surface area contributed by atoms with E-state index in [-0.39, 0.29) is 0 Å². The molecule has 1 aliphatic rings. The van der Waals surface area contributed by atoms with Crippen LogP contribution < -0.4 is 4.74 Å². The Bertz CT molecular complexity index is 467. The minimum atomic E-state index is -0.824. The number of methoxy groups -OCH3 is 1. The monoisotopic (exact) mass is 284 g/mol. The standard InChI is InChI=1S/C15H22F2N2O/c1-18-7-6-11(8-18)9-19(2)10-12-14(20-3)5-4-13(16)15(12)17/h4-5,11H,6-10H2,1-3H3. The summed E-state index contributed by atoms with van der Waals surface area (Å²) in [4.78, 5) is 4.33. The zero-order valence-electron chi connectivity index (χ0n) is 12.3. The van der Waals surface area contributed by atoms with Crippen LogP contribution in [0.15, 0.2) is 12.1 Å². The van der Waals surface area contributed by atoms with Gasteiger partial charge in [-0.2, -0.15) is 0 Å². The number of rotatable bonds is 5. The lowest BCUT2D eigenvalue weighted by molar-refractivity contribution is 0.258. The molecule has 2 rings (SSSR count). The van der Waals surface area contributed by atoms with Crippen LogP contribution >= 0.6 is 0 Å². The molecular formula is C15H22F2N2O. The molecule has 0 spiro atoms. The molecule has 5 heteroatoms. The van der Waals surface area contributed by atoms with E-state index in [1.165, 1.54) is 13.2 Å². The minimum absolute atomic E-state index is 0.293. The molecule has 1 aliphatic heterocycles. The summed E-state index contributed by atoms with van der Waals surface area (Å²) >= 11 is 0. The van der Waals surface area contributed by atoms with E-state index in [4.69, 9.17) is 4.74 Å². The first-order chi connectivity index (χ1) is 9.51. The predicted octanol–water partition coefficient (Wildman–Crippen LogP) is 2.36. The molecule has 0 N–H and O–H groups in total. The fraction of sp³-hybridized carbons (Fsp3) is 0.600. The molecule has 20 heavy (non-hydrogen) atoms. The summed E-state index contributed by atoms with van der Waals surface area (Å²) in [7, 11) is 5.51. The number of benzene rings is 1. The average Bonchev–Trinajstić information content (AvgIpc) is 2.80. The van der Waals surface area contributed by atoms with E-state index in [9.17, 15) is 8.78 Å². The molecule has 0 aliphatic carbocycles. The molecule has 1 aromatic carbocycles. The van der Waals surface area contributed by atoms with E-state index < -0.39 is 11.6 Å². The van der Waals surface area contributed by atoms with Crippen molar-refractivity contribution in [3.63, 3.8) is 0 Å². The Hall–Kier alpha value is -1.20. The number of nitrogens with zero attached hydrogens (tertiary/aromatic N) is 2. The van der Waals surface area contributed by atoms with Crippen molar-refractivity contribution < 1.29 is 13.5 Å². The maximum Gasteiger partial charge on any atom is 0.167 e. The first kappa shape index (κ1) is 15.2. The van der Waals surface area contributed by atoms with Gasteiger partial charge in [0, 0.05) is 25.2 Å². The van der Waals surface area contributed by atoms with Gasteiger partial charge in [-0.1, -0.05) is 0 Å². The largest absolute Gasteiger partial charge is 0.496 e. The van der Waals surface area contributed by atoms with E-state index in [2.05, 4.69) is 11.9 Å². The number of likely N-dealkylation sites (tertiary alicyclic amines) is 1. The molecule has 0 aromatic heterocycles. The summed E-state index contributed by atoms with van der Waals surface area (Å²) in [6, 6.07) is 2.58. The molecule has 0 amide bonds. The minimum Gasteiger partial charge on any atom is -0.496 e. The Morgan fingerprint density at radius 1 is 1.40 bits per heavy atom. The van der Waals surface area contributed by atoms with Gasteiger partial charge in [-0.15, -0.1) is 0 Å². The van der Waals surface area contributed by atoms with Crippen molar-refractivity contribution in [2.45, 2.75) is 13.0 Å². The summed E-state index contributed by atoms with van der Waals surface area (Å²) in [6.07, 6.45) is 1.16. The third-order valence-corrected chi connectivity index (χ3v) is 3.86. The van der Waals surface area contributed by atoms with Crippen LogP contribution in [0.4, 0.5) is 8.78 Å². The Kier molecular flexibility index (Phi) is 4.94. The lowest BCUT2D eigenvalue weighted by atomic mass is 10.1.